The van der Waals surface area contributed by atoms with Gasteiger partial charge in [-0.15, -0.1) is 0 Å². The lowest BCUT2D eigenvalue weighted by Gasteiger charge is -2.32. The van der Waals surface area contributed by atoms with E-state index in [1.54, 1.807) is 7.11 Å². The summed E-state index contributed by atoms with van der Waals surface area (Å²) < 4.78 is 33.4. The minimum absolute atomic E-state index is 0.111. The van der Waals surface area contributed by atoms with Gasteiger partial charge in [0, 0.05) is 13.1 Å². The highest BCUT2D eigenvalue weighted by molar-refractivity contribution is 7.89. The van der Waals surface area contributed by atoms with Gasteiger partial charge in [0.25, 0.3) is 0 Å². The molecule has 0 unspecified atom stereocenters. The second-order valence-corrected chi connectivity index (χ2v) is 10.3. The Morgan fingerprint density at radius 1 is 1.13 bits per heavy atom. The van der Waals surface area contributed by atoms with Crippen LogP contribution in [0.5, 0.6) is 5.75 Å². The molecule has 1 fully saturated rings. The predicted octanol–water partition coefficient (Wildman–Crippen LogP) is 3.90. The molecule has 1 aliphatic rings. The molecule has 0 aromatic heterocycles. The van der Waals surface area contributed by atoms with Crippen molar-refractivity contribution in [2.75, 3.05) is 20.2 Å². The van der Waals surface area contributed by atoms with Crippen LogP contribution in [0.1, 0.15) is 48.1 Å². The summed E-state index contributed by atoms with van der Waals surface area (Å²) in [7, 11) is -2.04. The van der Waals surface area contributed by atoms with Crippen molar-refractivity contribution in [3.8, 4) is 5.75 Å². The van der Waals surface area contributed by atoms with Crippen LogP contribution in [0.4, 0.5) is 0 Å². The Labute approximate surface area is 185 Å². The van der Waals surface area contributed by atoms with Crippen molar-refractivity contribution >= 4 is 15.9 Å². The summed E-state index contributed by atoms with van der Waals surface area (Å²) in [5.74, 6) is 0.285. The van der Waals surface area contributed by atoms with Crippen molar-refractivity contribution in [1.82, 2.24) is 9.62 Å². The van der Waals surface area contributed by atoms with E-state index in [0.29, 0.717) is 24.3 Å². The van der Waals surface area contributed by atoms with Crippen molar-refractivity contribution < 1.29 is 17.9 Å². The molecular formula is C24H32N2O4S. The maximum Gasteiger partial charge on any atom is 0.243 e. The number of nitrogens with zero attached hydrogens (tertiary/aromatic N) is 1. The van der Waals surface area contributed by atoms with E-state index in [-0.39, 0.29) is 24.4 Å². The molecule has 0 bridgehead atoms. The minimum atomic E-state index is -3.66. The third kappa shape index (κ3) is 5.10. The zero-order valence-corrected chi connectivity index (χ0v) is 19.8. The number of methoxy groups -OCH3 is 1. The lowest BCUT2D eigenvalue weighted by Crippen LogP contribution is -2.46. The average molecular weight is 445 g/mol. The third-order valence-corrected chi connectivity index (χ3v) is 8.10. The lowest BCUT2D eigenvalue weighted by atomic mass is 9.98. The van der Waals surface area contributed by atoms with Gasteiger partial charge in [0.1, 0.15) is 5.75 Å². The highest BCUT2D eigenvalue weighted by Crippen LogP contribution is 2.29. The molecule has 1 amide bonds. The molecule has 1 N–H and O–H groups in total. The number of hydrogen-bond acceptors (Lipinski definition) is 4. The Morgan fingerprint density at radius 3 is 2.32 bits per heavy atom. The van der Waals surface area contributed by atoms with Crippen molar-refractivity contribution in [1.29, 1.82) is 0 Å². The second kappa shape index (κ2) is 9.40. The first kappa shape index (κ1) is 23.3. The number of amides is 1. The van der Waals surface area contributed by atoms with Crippen LogP contribution in [0.2, 0.25) is 0 Å². The summed E-state index contributed by atoms with van der Waals surface area (Å²) in [6, 6.07) is 11.2. The summed E-state index contributed by atoms with van der Waals surface area (Å²) in [6.07, 6.45) is 1.34. The zero-order chi connectivity index (χ0) is 22.8. The normalized spacial score (nSPS) is 18.4. The Morgan fingerprint density at radius 2 is 1.74 bits per heavy atom. The Balaban J connectivity index is 1.73. The summed E-state index contributed by atoms with van der Waals surface area (Å²) in [5, 5.41) is 3.04. The Bertz CT molecular complexity index is 1020. The number of sulfonamides is 1. The molecular weight excluding hydrogens is 412 g/mol. The fourth-order valence-electron chi connectivity index (χ4n) is 4.38. The average Bonchev–Trinajstić information content (AvgIpc) is 2.73. The Kier molecular flexibility index (Phi) is 7.06. The molecule has 3 rings (SSSR count). The van der Waals surface area contributed by atoms with E-state index >= 15 is 0 Å². The van der Waals surface area contributed by atoms with Gasteiger partial charge < -0.3 is 10.1 Å². The summed E-state index contributed by atoms with van der Waals surface area (Å²) in [6.45, 7) is 8.19. The molecule has 1 saturated heterocycles. The fraction of sp³-hybridized carbons (Fsp3) is 0.458. The Hall–Kier alpha value is -2.38. The van der Waals surface area contributed by atoms with Gasteiger partial charge in [0.2, 0.25) is 15.9 Å². The molecule has 2 aromatic rings. The first-order chi connectivity index (χ1) is 14.6. The van der Waals surface area contributed by atoms with Gasteiger partial charge in [-0.25, -0.2) is 8.42 Å². The van der Waals surface area contributed by atoms with E-state index in [1.165, 1.54) is 4.31 Å². The molecule has 6 nitrogen and oxygen atoms in total. The molecule has 7 heteroatoms. The largest absolute Gasteiger partial charge is 0.497 e. The summed E-state index contributed by atoms with van der Waals surface area (Å²) in [5.41, 5.74) is 3.51. The number of aryl methyl sites for hydroxylation is 3. The van der Waals surface area contributed by atoms with Crippen LogP contribution < -0.4 is 10.1 Å². The highest BCUT2D eigenvalue weighted by Gasteiger charge is 2.35. The van der Waals surface area contributed by atoms with Gasteiger partial charge in [0.15, 0.2) is 0 Å². The smallest absolute Gasteiger partial charge is 0.243 e. The molecule has 0 spiro atoms. The van der Waals surface area contributed by atoms with Gasteiger partial charge in [-0.05, 0) is 69.4 Å². The molecule has 0 saturated carbocycles. The van der Waals surface area contributed by atoms with E-state index in [2.05, 4.69) is 5.32 Å². The van der Waals surface area contributed by atoms with E-state index in [0.717, 1.165) is 28.0 Å². The molecule has 2 atom stereocenters. The van der Waals surface area contributed by atoms with E-state index in [9.17, 15) is 13.2 Å². The molecule has 0 aliphatic carbocycles. The van der Waals surface area contributed by atoms with E-state index < -0.39 is 10.0 Å². The monoisotopic (exact) mass is 444 g/mol. The van der Waals surface area contributed by atoms with Gasteiger partial charge in [-0.1, -0.05) is 29.8 Å². The zero-order valence-electron chi connectivity index (χ0n) is 18.9. The van der Waals surface area contributed by atoms with Gasteiger partial charge in [-0.3, -0.25) is 4.79 Å². The summed E-state index contributed by atoms with van der Waals surface area (Å²) in [4.78, 5) is 13.3. The fourth-order valence-corrected chi connectivity index (χ4v) is 6.32. The number of rotatable bonds is 6. The summed E-state index contributed by atoms with van der Waals surface area (Å²) >= 11 is 0. The molecule has 31 heavy (non-hydrogen) atoms. The predicted molar refractivity (Wildman–Crippen MR) is 122 cm³/mol. The molecule has 2 aromatic carbocycles. The number of hydrogen-bond donors (Lipinski definition) is 1. The minimum Gasteiger partial charge on any atom is -0.497 e. The lowest BCUT2D eigenvalue weighted by molar-refractivity contribution is -0.126. The number of ether oxygens (including phenoxy) is 1. The number of nitrogens with one attached hydrogen (secondary N) is 1. The van der Waals surface area contributed by atoms with Crippen molar-refractivity contribution in [2.24, 2.45) is 5.92 Å². The highest BCUT2D eigenvalue weighted by atomic mass is 32.2. The van der Waals surface area contributed by atoms with Crippen LogP contribution in [0.3, 0.4) is 0 Å². The second-order valence-electron chi connectivity index (χ2n) is 8.43. The molecule has 1 heterocycles. The van der Waals surface area contributed by atoms with Gasteiger partial charge >= 0.3 is 0 Å². The standard InChI is InChI=1S/C24H32N2O4S/c1-16-13-17(2)23(18(3)14-16)31(28,29)26-12-6-7-21(15-26)24(27)25-19(4)20-8-10-22(30-5)11-9-20/h8-11,13-14,19,21H,6-7,12,15H2,1-5H3,(H,25,27)/t19-,21+/m0/s1. The van der Waals surface area contributed by atoms with Crippen LogP contribution in [0.15, 0.2) is 41.3 Å². The van der Waals surface area contributed by atoms with Gasteiger partial charge in [-0.2, -0.15) is 4.31 Å². The van der Waals surface area contributed by atoms with Crippen molar-refractivity contribution in [2.45, 2.75) is 51.5 Å². The quantitative estimate of drug-likeness (QED) is 0.733. The third-order valence-electron chi connectivity index (χ3n) is 5.93. The molecule has 1 aliphatic heterocycles. The van der Waals surface area contributed by atoms with Gasteiger partial charge in [0.05, 0.1) is 24.0 Å². The number of benzene rings is 2. The first-order valence-corrected chi connectivity index (χ1v) is 12.1. The maximum atomic E-state index is 13.4. The topological polar surface area (TPSA) is 75.7 Å². The van der Waals surface area contributed by atoms with Crippen molar-refractivity contribution in [3.05, 3.63) is 58.7 Å². The first-order valence-electron chi connectivity index (χ1n) is 10.7. The van der Waals surface area contributed by atoms with Crippen LogP contribution in [-0.2, 0) is 14.8 Å². The van der Waals surface area contributed by atoms with Crippen molar-refractivity contribution in [3.63, 3.8) is 0 Å². The number of carbonyl (C=O) groups excluding carboxylic acids is 1. The van der Waals surface area contributed by atoms with E-state index in [1.807, 2.05) is 64.1 Å². The van der Waals surface area contributed by atoms with E-state index in [4.69, 9.17) is 4.74 Å². The number of carbonyl (C=O) groups is 1. The molecule has 168 valence electrons. The van der Waals surface area contributed by atoms with Crippen LogP contribution >= 0.6 is 0 Å². The van der Waals surface area contributed by atoms with Crippen LogP contribution in [0.25, 0.3) is 0 Å². The molecule has 0 radical (unpaired) electrons. The SMILES string of the molecule is COc1ccc([C@H](C)NC(=O)[C@@H]2CCCN(S(=O)(=O)c3c(C)cc(C)cc3C)C2)cc1. The maximum absolute atomic E-state index is 13.4. The number of piperidine rings is 1. The van der Waals surface area contributed by atoms with Crippen LogP contribution in [0, 0.1) is 26.7 Å². The van der Waals surface area contributed by atoms with Crippen LogP contribution in [-0.4, -0.2) is 38.8 Å².